The highest BCUT2D eigenvalue weighted by atomic mass is 35.5. The molecule has 0 aliphatic carbocycles. The van der Waals surface area contributed by atoms with E-state index in [1.165, 1.54) is 4.57 Å². The number of nitrogens with two attached hydrogens (primary N) is 1. The van der Waals surface area contributed by atoms with Crippen LogP contribution in [-0.4, -0.2) is 19.2 Å². The van der Waals surface area contributed by atoms with Gasteiger partial charge in [-0.3, -0.25) is 4.79 Å². The summed E-state index contributed by atoms with van der Waals surface area (Å²) in [6.07, 6.45) is 0. The molecule has 2 heterocycles. The van der Waals surface area contributed by atoms with E-state index in [0.717, 1.165) is 0 Å². The molecule has 2 aromatic carbocycles. The molecule has 4 aromatic rings. The highest BCUT2D eigenvalue weighted by molar-refractivity contribution is 6.30. The first-order valence-corrected chi connectivity index (χ1v) is 6.95. The highest BCUT2D eigenvalue weighted by Crippen LogP contribution is 2.19. The Kier molecular flexibility index (Phi) is 2.67. The fourth-order valence-corrected chi connectivity index (χ4v) is 2.67. The van der Waals surface area contributed by atoms with Gasteiger partial charge in [0.2, 0.25) is 11.7 Å². The number of benzene rings is 2. The summed E-state index contributed by atoms with van der Waals surface area (Å²) in [5.74, 6) is 0.595. The summed E-state index contributed by atoms with van der Waals surface area (Å²) >= 11 is 5.92. The van der Waals surface area contributed by atoms with Gasteiger partial charge >= 0.3 is 0 Å². The SMILES string of the molecule is Nc1nnc2n(-c3ccc(Cl)cc3)c(=O)c3ccccc3n12. The summed E-state index contributed by atoms with van der Waals surface area (Å²) in [6, 6.07) is 14.2. The predicted octanol–water partition coefficient (Wildman–Crippen LogP) is 2.27. The van der Waals surface area contributed by atoms with E-state index in [-0.39, 0.29) is 11.5 Å². The van der Waals surface area contributed by atoms with E-state index >= 15 is 0 Å². The molecule has 0 unspecified atom stereocenters. The maximum absolute atomic E-state index is 12.8. The zero-order valence-electron chi connectivity index (χ0n) is 11.3. The lowest BCUT2D eigenvalue weighted by molar-refractivity contribution is 0.967. The van der Waals surface area contributed by atoms with E-state index in [1.54, 1.807) is 34.7 Å². The summed E-state index contributed by atoms with van der Waals surface area (Å²) in [4.78, 5) is 12.8. The zero-order valence-corrected chi connectivity index (χ0v) is 12.0. The molecule has 2 N–H and O–H groups in total. The van der Waals surface area contributed by atoms with Gasteiger partial charge in [0.05, 0.1) is 16.6 Å². The van der Waals surface area contributed by atoms with Gasteiger partial charge in [-0.25, -0.2) is 8.97 Å². The molecule has 0 saturated carbocycles. The predicted molar refractivity (Wildman–Crippen MR) is 85.5 cm³/mol. The van der Waals surface area contributed by atoms with Crippen LogP contribution in [0.25, 0.3) is 22.4 Å². The van der Waals surface area contributed by atoms with E-state index in [4.69, 9.17) is 17.3 Å². The average molecular weight is 312 g/mol. The average Bonchev–Trinajstić information content (AvgIpc) is 2.91. The van der Waals surface area contributed by atoms with Crippen molar-refractivity contribution >= 4 is 34.2 Å². The molecule has 0 amide bonds. The normalized spacial score (nSPS) is 11.3. The number of nitrogens with zero attached hydrogens (tertiary/aromatic N) is 4. The Balaban J connectivity index is 2.24. The molecule has 0 aliphatic heterocycles. The largest absolute Gasteiger partial charge is 0.368 e. The number of aromatic nitrogens is 4. The molecule has 0 aliphatic rings. The van der Waals surface area contributed by atoms with Crippen molar-refractivity contribution in [2.45, 2.75) is 0 Å². The number of hydrogen-bond donors (Lipinski definition) is 1. The number of halogens is 1. The number of nitrogen functional groups attached to an aromatic ring is 1. The van der Waals surface area contributed by atoms with E-state index in [2.05, 4.69) is 10.2 Å². The molecule has 22 heavy (non-hydrogen) atoms. The first-order chi connectivity index (χ1) is 10.7. The van der Waals surface area contributed by atoms with Crippen molar-refractivity contribution in [1.29, 1.82) is 0 Å². The Morgan fingerprint density at radius 2 is 1.73 bits per heavy atom. The molecule has 0 bridgehead atoms. The van der Waals surface area contributed by atoms with Gasteiger partial charge in [-0.1, -0.05) is 23.7 Å². The number of fused-ring (bicyclic) bond motifs is 3. The Bertz CT molecular complexity index is 1070. The van der Waals surface area contributed by atoms with Crippen molar-refractivity contribution in [2.24, 2.45) is 0 Å². The second-order valence-electron chi connectivity index (χ2n) is 4.83. The Morgan fingerprint density at radius 1 is 1.00 bits per heavy atom. The Labute approximate surface area is 129 Å². The third kappa shape index (κ3) is 1.71. The summed E-state index contributed by atoms with van der Waals surface area (Å²) in [6.45, 7) is 0. The van der Waals surface area contributed by atoms with E-state index in [0.29, 0.717) is 27.4 Å². The van der Waals surface area contributed by atoms with Crippen LogP contribution >= 0.6 is 11.6 Å². The molecular weight excluding hydrogens is 302 g/mol. The monoisotopic (exact) mass is 311 g/mol. The van der Waals surface area contributed by atoms with Crippen molar-refractivity contribution in [1.82, 2.24) is 19.2 Å². The molecule has 6 nitrogen and oxygen atoms in total. The first-order valence-electron chi connectivity index (χ1n) is 6.57. The number of anilines is 1. The van der Waals surface area contributed by atoms with Crippen LogP contribution in [0.4, 0.5) is 5.95 Å². The minimum absolute atomic E-state index is 0.183. The van der Waals surface area contributed by atoms with Crippen molar-refractivity contribution in [3.8, 4) is 5.69 Å². The molecule has 2 aromatic heterocycles. The van der Waals surface area contributed by atoms with Crippen LogP contribution in [-0.2, 0) is 0 Å². The van der Waals surface area contributed by atoms with Crippen LogP contribution < -0.4 is 11.3 Å². The lowest BCUT2D eigenvalue weighted by Crippen LogP contribution is -2.21. The molecule has 0 saturated heterocycles. The first kappa shape index (κ1) is 12.8. The standard InChI is InChI=1S/C15H10ClN5O/c16-9-5-7-10(8-6-9)20-13(22)11-3-1-2-4-12(11)21-14(17)18-19-15(20)21/h1-8H,(H2,17,18). The van der Waals surface area contributed by atoms with Gasteiger partial charge in [0.25, 0.3) is 5.56 Å². The number of hydrogen-bond acceptors (Lipinski definition) is 4. The molecule has 4 rings (SSSR count). The summed E-state index contributed by atoms with van der Waals surface area (Å²) < 4.78 is 3.13. The van der Waals surface area contributed by atoms with Gasteiger partial charge in [0, 0.05) is 5.02 Å². The van der Waals surface area contributed by atoms with E-state index in [9.17, 15) is 4.79 Å². The highest BCUT2D eigenvalue weighted by Gasteiger charge is 2.15. The second kappa shape index (κ2) is 4.57. The van der Waals surface area contributed by atoms with Crippen LogP contribution in [0.15, 0.2) is 53.3 Å². The molecule has 0 spiro atoms. The smallest absolute Gasteiger partial charge is 0.267 e. The van der Waals surface area contributed by atoms with Gasteiger partial charge in [0.15, 0.2) is 0 Å². The van der Waals surface area contributed by atoms with Crippen molar-refractivity contribution in [3.05, 3.63) is 63.9 Å². The number of para-hydroxylation sites is 1. The summed E-state index contributed by atoms with van der Waals surface area (Å²) in [5.41, 5.74) is 7.06. The lowest BCUT2D eigenvalue weighted by Gasteiger charge is -2.10. The maximum atomic E-state index is 12.8. The van der Waals surface area contributed by atoms with Crippen molar-refractivity contribution < 1.29 is 0 Å². The van der Waals surface area contributed by atoms with Crippen LogP contribution in [0.2, 0.25) is 5.02 Å². The third-order valence-corrected chi connectivity index (χ3v) is 3.79. The zero-order chi connectivity index (χ0) is 15.3. The van der Waals surface area contributed by atoms with Gasteiger partial charge in [-0.15, -0.1) is 10.2 Å². The molecule has 0 atom stereocenters. The minimum Gasteiger partial charge on any atom is -0.368 e. The molecule has 0 fully saturated rings. The van der Waals surface area contributed by atoms with Crippen LogP contribution in [0.5, 0.6) is 0 Å². The van der Waals surface area contributed by atoms with Gasteiger partial charge in [-0.2, -0.15) is 0 Å². The van der Waals surface area contributed by atoms with Crippen molar-refractivity contribution in [2.75, 3.05) is 5.73 Å². The topological polar surface area (TPSA) is 78.2 Å². The fraction of sp³-hybridized carbons (Fsp3) is 0. The summed E-state index contributed by atoms with van der Waals surface area (Å²) in [7, 11) is 0. The van der Waals surface area contributed by atoms with E-state index < -0.39 is 0 Å². The van der Waals surface area contributed by atoms with Gasteiger partial charge < -0.3 is 5.73 Å². The van der Waals surface area contributed by atoms with Crippen LogP contribution in [0.3, 0.4) is 0 Å². The molecule has 7 heteroatoms. The Morgan fingerprint density at radius 3 is 2.50 bits per heavy atom. The second-order valence-corrected chi connectivity index (χ2v) is 5.26. The van der Waals surface area contributed by atoms with E-state index in [1.807, 2.05) is 18.2 Å². The third-order valence-electron chi connectivity index (χ3n) is 3.53. The molecule has 0 radical (unpaired) electrons. The minimum atomic E-state index is -0.183. The van der Waals surface area contributed by atoms with Gasteiger partial charge in [0.1, 0.15) is 0 Å². The number of rotatable bonds is 1. The van der Waals surface area contributed by atoms with Gasteiger partial charge in [-0.05, 0) is 36.4 Å². The Hall–Kier alpha value is -2.86. The fourth-order valence-electron chi connectivity index (χ4n) is 2.55. The quantitative estimate of drug-likeness (QED) is 0.585. The molecular formula is C15H10ClN5O. The lowest BCUT2D eigenvalue weighted by atomic mass is 10.2. The molecule has 108 valence electrons. The van der Waals surface area contributed by atoms with Crippen molar-refractivity contribution in [3.63, 3.8) is 0 Å². The maximum Gasteiger partial charge on any atom is 0.267 e. The summed E-state index contributed by atoms with van der Waals surface area (Å²) in [5, 5.41) is 9.07. The van der Waals surface area contributed by atoms with Crippen LogP contribution in [0.1, 0.15) is 0 Å². The van der Waals surface area contributed by atoms with Crippen LogP contribution in [0, 0.1) is 0 Å².